The molecular formula is C15H18O4. The van der Waals surface area contributed by atoms with E-state index in [2.05, 4.69) is 0 Å². The van der Waals surface area contributed by atoms with Gasteiger partial charge in [0.1, 0.15) is 5.75 Å². The molecule has 0 radical (unpaired) electrons. The molecule has 0 heterocycles. The molecule has 4 nitrogen and oxygen atoms in total. The Hall–Kier alpha value is -2.10. The lowest BCUT2D eigenvalue weighted by atomic mass is 9.98. The van der Waals surface area contributed by atoms with Crippen LogP contribution in [0.4, 0.5) is 0 Å². The van der Waals surface area contributed by atoms with Gasteiger partial charge in [-0.2, -0.15) is 0 Å². The van der Waals surface area contributed by atoms with Crippen molar-refractivity contribution in [3.05, 3.63) is 41.5 Å². The molecular weight excluding hydrogens is 244 g/mol. The summed E-state index contributed by atoms with van der Waals surface area (Å²) in [6.45, 7) is 3.42. The van der Waals surface area contributed by atoms with Crippen molar-refractivity contribution in [2.24, 2.45) is 5.92 Å². The first kappa shape index (κ1) is 15.0. The van der Waals surface area contributed by atoms with E-state index in [0.717, 1.165) is 5.56 Å². The van der Waals surface area contributed by atoms with Gasteiger partial charge < -0.3 is 9.84 Å². The van der Waals surface area contributed by atoms with E-state index in [1.165, 1.54) is 13.2 Å². The van der Waals surface area contributed by atoms with Crippen LogP contribution in [0.1, 0.15) is 29.8 Å². The number of carboxylic acid groups (broad SMARTS) is 1. The molecule has 0 aromatic heterocycles. The number of aliphatic carboxylic acids is 1. The molecule has 0 unspecified atom stereocenters. The van der Waals surface area contributed by atoms with Crippen molar-refractivity contribution in [1.29, 1.82) is 0 Å². The number of methoxy groups -OCH3 is 1. The maximum atomic E-state index is 11.8. The molecule has 0 aliphatic heterocycles. The normalized spacial score (nSPS) is 12.4. The van der Waals surface area contributed by atoms with E-state index in [0.29, 0.717) is 17.7 Å². The largest absolute Gasteiger partial charge is 0.496 e. The predicted octanol–water partition coefficient (Wildman–Crippen LogP) is 2.72. The van der Waals surface area contributed by atoms with Gasteiger partial charge in [0.05, 0.1) is 18.6 Å². The monoisotopic (exact) mass is 262 g/mol. The van der Waals surface area contributed by atoms with E-state index in [1.54, 1.807) is 38.1 Å². The van der Waals surface area contributed by atoms with Crippen molar-refractivity contribution in [3.63, 3.8) is 0 Å². The van der Waals surface area contributed by atoms with Crippen molar-refractivity contribution >= 4 is 11.8 Å². The summed E-state index contributed by atoms with van der Waals surface area (Å²) >= 11 is 0. The number of ketones is 1. The van der Waals surface area contributed by atoms with E-state index in [9.17, 15) is 9.59 Å². The summed E-state index contributed by atoms with van der Waals surface area (Å²) in [6, 6.07) is 5.15. The lowest BCUT2D eigenvalue weighted by Gasteiger charge is -2.10. The molecule has 19 heavy (non-hydrogen) atoms. The van der Waals surface area contributed by atoms with E-state index in [4.69, 9.17) is 9.84 Å². The summed E-state index contributed by atoms with van der Waals surface area (Å²) in [4.78, 5) is 22.6. The zero-order valence-corrected chi connectivity index (χ0v) is 11.3. The Balaban J connectivity index is 3.02. The maximum absolute atomic E-state index is 11.8. The first-order valence-corrected chi connectivity index (χ1v) is 6.06. The predicted molar refractivity (Wildman–Crippen MR) is 72.6 cm³/mol. The van der Waals surface area contributed by atoms with Crippen LogP contribution in [0.5, 0.6) is 5.75 Å². The van der Waals surface area contributed by atoms with Crippen LogP contribution in [0.25, 0.3) is 0 Å². The fourth-order valence-corrected chi connectivity index (χ4v) is 1.75. The lowest BCUT2D eigenvalue weighted by molar-refractivity contribution is -0.141. The third-order valence-electron chi connectivity index (χ3n) is 2.81. The number of carbonyl (C=O) groups is 2. The Morgan fingerprint density at radius 2 is 2.11 bits per heavy atom. The van der Waals surface area contributed by atoms with Crippen LogP contribution in [-0.4, -0.2) is 24.0 Å². The number of carboxylic acids is 1. The molecule has 0 amide bonds. The zero-order valence-electron chi connectivity index (χ0n) is 11.3. The highest BCUT2D eigenvalue weighted by molar-refractivity contribution is 6.06. The van der Waals surface area contributed by atoms with Crippen LogP contribution in [0.3, 0.4) is 0 Å². The summed E-state index contributed by atoms with van der Waals surface area (Å²) in [5, 5.41) is 8.89. The molecule has 0 fully saturated rings. The molecule has 0 bridgehead atoms. The second kappa shape index (κ2) is 6.73. The summed E-state index contributed by atoms with van der Waals surface area (Å²) in [6.07, 6.45) is 3.55. The number of allylic oxidation sites excluding steroid dienone is 2. The highest BCUT2D eigenvalue weighted by Gasteiger charge is 2.14. The average molecular weight is 262 g/mol. The van der Waals surface area contributed by atoms with Crippen LogP contribution in [0.15, 0.2) is 30.4 Å². The highest BCUT2D eigenvalue weighted by Crippen LogP contribution is 2.23. The number of hydrogen-bond donors (Lipinski definition) is 1. The third-order valence-corrected chi connectivity index (χ3v) is 2.81. The second-order valence-corrected chi connectivity index (χ2v) is 4.34. The molecule has 0 saturated carbocycles. The summed E-state index contributed by atoms with van der Waals surface area (Å²) < 4.78 is 5.19. The van der Waals surface area contributed by atoms with Gasteiger partial charge in [0.15, 0.2) is 5.78 Å². The molecule has 1 atom stereocenters. The number of hydrogen-bond acceptors (Lipinski definition) is 3. The molecule has 1 aromatic carbocycles. The van der Waals surface area contributed by atoms with Crippen molar-refractivity contribution in [1.82, 2.24) is 0 Å². The molecule has 0 aliphatic rings. The topological polar surface area (TPSA) is 63.6 Å². The second-order valence-electron chi connectivity index (χ2n) is 4.34. The third kappa shape index (κ3) is 3.95. The summed E-state index contributed by atoms with van der Waals surface area (Å²) in [5.74, 6) is -0.967. The van der Waals surface area contributed by atoms with Gasteiger partial charge in [-0.15, -0.1) is 0 Å². The van der Waals surface area contributed by atoms with Gasteiger partial charge in [-0.3, -0.25) is 9.59 Å². The SMILES string of the molecule is C/C=C/C(=O)c1ccc(C[C@H](C)C(=O)O)cc1OC. The first-order valence-electron chi connectivity index (χ1n) is 6.06. The standard InChI is InChI=1S/C15H18O4/c1-4-5-13(16)12-7-6-11(9-14(12)19-3)8-10(2)15(17)18/h4-7,9-10H,8H2,1-3H3,(H,17,18)/b5-4+/t10-/m0/s1. The molecule has 0 aliphatic carbocycles. The Morgan fingerprint density at radius 3 is 2.63 bits per heavy atom. The van der Waals surface area contributed by atoms with Gasteiger partial charge in [-0.1, -0.05) is 19.1 Å². The minimum absolute atomic E-state index is 0.128. The Bertz CT molecular complexity index is 503. The smallest absolute Gasteiger partial charge is 0.306 e. The molecule has 1 rings (SSSR count). The van der Waals surface area contributed by atoms with E-state index in [1.807, 2.05) is 0 Å². The number of benzene rings is 1. The van der Waals surface area contributed by atoms with Crippen molar-refractivity contribution < 1.29 is 19.4 Å². The van der Waals surface area contributed by atoms with Crippen molar-refractivity contribution in [2.75, 3.05) is 7.11 Å². The molecule has 102 valence electrons. The average Bonchev–Trinajstić information content (AvgIpc) is 2.38. The van der Waals surface area contributed by atoms with Gasteiger partial charge in [0.25, 0.3) is 0 Å². The fourth-order valence-electron chi connectivity index (χ4n) is 1.75. The van der Waals surface area contributed by atoms with Gasteiger partial charge in [0, 0.05) is 0 Å². The quantitative estimate of drug-likeness (QED) is 0.632. The minimum atomic E-state index is -0.840. The molecule has 0 saturated heterocycles. The van der Waals surface area contributed by atoms with Crippen LogP contribution >= 0.6 is 0 Å². The minimum Gasteiger partial charge on any atom is -0.496 e. The summed E-state index contributed by atoms with van der Waals surface area (Å²) in [7, 11) is 1.49. The molecule has 4 heteroatoms. The van der Waals surface area contributed by atoms with Crippen molar-refractivity contribution in [3.8, 4) is 5.75 Å². The van der Waals surface area contributed by atoms with E-state index >= 15 is 0 Å². The number of rotatable bonds is 6. The van der Waals surface area contributed by atoms with Gasteiger partial charge in [-0.25, -0.2) is 0 Å². The van der Waals surface area contributed by atoms with Gasteiger partial charge >= 0.3 is 5.97 Å². The van der Waals surface area contributed by atoms with E-state index in [-0.39, 0.29) is 5.78 Å². The van der Waals surface area contributed by atoms with Crippen LogP contribution in [0.2, 0.25) is 0 Å². The van der Waals surface area contributed by atoms with Crippen molar-refractivity contribution in [2.45, 2.75) is 20.3 Å². The fraction of sp³-hybridized carbons (Fsp3) is 0.333. The van der Waals surface area contributed by atoms with Gasteiger partial charge in [0.2, 0.25) is 0 Å². The Morgan fingerprint density at radius 1 is 1.42 bits per heavy atom. The number of ether oxygens (including phenoxy) is 1. The van der Waals surface area contributed by atoms with E-state index < -0.39 is 11.9 Å². The first-order chi connectivity index (χ1) is 8.99. The summed E-state index contributed by atoms with van der Waals surface area (Å²) in [5.41, 5.74) is 1.32. The van der Waals surface area contributed by atoms with Gasteiger partial charge in [-0.05, 0) is 37.1 Å². The highest BCUT2D eigenvalue weighted by atomic mass is 16.5. The Kier molecular flexibility index (Phi) is 5.30. The Labute approximate surface area is 112 Å². The van der Waals surface area contributed by atoms with Crippen LogP contribution in [0, 0.1) is 5.92 Å². The lowest BCUT2D eigenvalue weighted by Crippen LogP contribution is -2.12. The zero-order chi connectivity index (χ0) is 14.4. The molecule has 1 aromatic rings. The van der Waals surface area contributed by atoms with Crippen LogP contribution < -0.4 is 4.74 Å². The number of carbonyl (C=O) groups excluding carboxylic acids is 1. The van der Waals surface area contributed by atoms with Crippen LogP contribution in [-0.2, 0) is 11.2 Å². The maximum Gasteiger partial charge on any atom is 0.306 e. The molecule has 1 N–H and O–H groups in total. The molecule has 0 spiro atoms.